The second-order valence-corrected chi connectivity index (χ2v) is 6.83. The quantitative estimate of drug-likeness (QED) is 0.612. The summed E-state index contributed by atoms with van der Waals surface area (Å²) in [4.78, 5) is 19.0. The molecule has 0 unspecified atom stereocenters. The summed E-state index contributed by atoms with van der Waals surface area (Å²) in [6, 6.07) is 11.6. The SMILES string of the molecule is CN(C)C(=O)CNC(=NCc1ccc(Cl)cc1)NCc1cccs1. The van der Waals surface area contributed by atoms with Crippen LogP contribution in [0, 0.1) is 0 Å². The maximum absolute atomic E-state index is 11.8. The molecular weight excluding hydrogens is 344 g/mol. The predicted molar refractivity (Wildman–Crippen MR) is 100 cm³/mol. The highest BCUT2D eigenvalue weighted by Gasteiger charge is 2.06. The molecule has 1 heterocycles. The lowest BCUT2D eigenvalue weighted by Gasteiger charge is -2.14. The molecular formula is C17H21ClN4OS. The molecule has 0 atom stereocenters. The van der Waals surface area contributed by atoms with Gasteiger partial charge in [-0.2, -0.15) is 0 Å². The molecule has 2 aromatic rings. The first-order valence-electron chi connectivity index (χ1n) is 7.54. The van der Waals surface area contributed by atoms with E-state index in [1.807, 2.05) is 35.7 Å². The lowest BCUT2D eigenvalue weighted by atomic mass is 10.2. The number of thiophene rings is 1. The van der Waals surface area contributed by atoms with Gasteiger partial charge in [0.15, 0.2) is 5.96 Å². The van der Waals surface area contributed by atoms with Crippen molar-refractivity contribution in [2.75, 3.05) is 20.6 Å². The minimum Gasteiger partial charge on any atom is -0.351 e. The molecule has 128 valence electrons. The highest BCUT2D eigenvalue weighted by Crippen LogP contribution is 2.10. The van der Waals surface area contributed by atoms with E-state index < -0.39 is 0 Å². The van der Waals surface area contributed by atoms with E-state index in [9.17, 15) is 4.79 Å². The topological polar surface area (TPSA) is 56.7 Å². The van der Waals surface area contributed by atoms with Gasteiger partial charge in [0, 0.05) is 24.0 Å². The van der Waals surface area contributed by atoms with Crippen molar-refractivity contribution in [2.24, 2.45) is 4.99 Å². The number of guanidine groups is 1. The van der Waals surface area contributed by atoms with E-state index in [1.54, 1.807) is 30.3 Å². The van der Waals surface area contributed by atoms with Crippen molar-refractivity contribution in [3.8, 4) is 0 Å². The molecule has 1 aromatic carbocycles. The van der Waals surface area contributed by atoms with E-state index in [0.717, 1.165) is 5.56 Å². The number of carbonyl (C=O) groups excluding carboxylic acids is 1. The Kier molecular flexibility index (Phi) is 7.08. The number of nitrogens with zero attached hydrogens (tertiary/aromatic N) is 2. The van der Waals surface area contributed by atoms with Crippen LogP contribution in [0.15, 0.2) is 46.8 Å². The number of rotatable bonds is 6. The molecule has 1 amide bonds. The third kappa shape index (κ3) is 6.22. The summed E-state index contributed by atoms with van der Waals surface area (Å²) in [6.45, 7) is 1.37. The zero-order valence-corrected chi connectivity index (χ0v) is 15.3. The Morgan fingerprint density at radius 2 is 1.96 bits per heavy atom. The molecule has 7 heteroatoms. The zero-order chi connectivity index (χ0) is 17.4. The summed E-state index contributed by atoms with van der Waals surface area (Å²) in [5.41, 5.74) is 1.05. The van der Waals surface area contributed by atoms with Gasteiger partial charge in [0.2, 0.25) is 5.91 Å². The Hall–Kier alpha value is -2.05. The number of likely N-dealkylation sites (N-methyl/N-ethyl adjacent to an activating group) is 1. The smallest absolute Gasteiger partial charge is 0.241 e. The Bertz CT molecular complexity index is 668. The molecule has 0 spiro atoms. The molecule has 5 nitrogen and oxygen atoms in total. The van der Waals surface area contributed by atoms with Crippen LogP contribution in [0.5, 0.6) is 0 Å². The van der Waals surface area contributed by atoms with Crippen LogP contribution in [0.2, 0.25) is 5.02 Å². The van der Waals surface area contributed by atoms with Crippen LogP contribution in [0.3, 0.4) is 0 Å². The first-order chi connectivity index (χ1) is 11.5. The van der Waals surface area contributed by atoms with E-state index in [1.165, 1.54) is 4.88 Å². The van der Waals surface area contributed by atoms with Gasteiger partial charge in [-0.25, -0.2) is 4.99 Å². The maximum Gasteiger partial charge on any atom is 0.241 e. The zero-order valence-electron chi connectivity index (χ0n) is 13.8. The summed E-state index contributed by atoms with van der Waals surface area (Å²) in [6.07, 6.45) is 0. The normalized spacial score (nSPS) is 11.2. The number of hydrogen-bond donors (Lipinski definition) is 2. The van der Waals surface area contributed by atoms with E-state index in [-0.39, 0.29) is 12.5 Å². The predicted octanol–water partition coefficient (Wildman–Crippen LogP) is 2.73. The highest BCUT2D eigenvalue weighted by molar-refractivity contribution is 7.09. The molecule has 2 rings (SSSR count). The van der Waals surface area contributed by atoms with Crippen molar-refractivity contribution in [3.63, 3.8) is 0 Å². The Morgan fingerprint density at radius 3 is 2.58 bits per heavy atom. The Balaban J connectivity index is 1.98. The summed E-state index contributed by atoms with van der Waals surface area (Å²) in [7, 11) is 3.46. The number of nitrogens with one attached hydrogen (secondary N) is 2. The average Bonchev–Trinajstić information content (AvgIpc) is 3.08. The molecule has 24 heavy (non-hydrogen) atoms. The largest absolute Gasteiger partial charge is 0.351 e. The van der Waals surface area contributed by atoms with Crippen molar-refractivity contribution < 1.29 is 4.79 Å². The summed E-state index contributed by atoms with van der Waals surface area (Å²) in [5.74, 6) is 0.598. The fourth-order valence-electron chi connectivity index (χ4n) is 1.84. The van der Waals surface area contributed by atoms with E-state index in [0.29, 0.717) is 24.1 Å². The lowest BCUT2D eigenvalue weighted by Crippen LogP contribution is -2.42. The maximum atomic E-state index is 11.8. The standard InChI is InChI=1S/C17H21ClN4OS/c1-22(2)16(23)12-21-17(20-11-15-4-3-9-24-15)19-10-13-5-7-14(18)8-6-13/h3-9H,10-12H2,1-2H3,(H2,19,20,21). The second kappa shape index (κ2) is 9.30. The van der Waals surface area contributed by atoms with Gasteiger partial charge in [0.1, 0.15) is 0 Å². The summed E-state index contributed by atoms with van der Waals surface area (Å²) in [5, 5.41) is 9.06. The van der Waals surface area contributed by atoms with E-state index in [2.05, 4.69) is 21.7 Å². The molecule has 0 radical (unpaired) electrons. The van der Waals surface area contributed by atoms with Gasteiger partial charge in [-0.1, -0.05) is 29.8 Å². The van der Waals surface area contributed by atoms with Gasteiger partial charge in [-0.05, 0) is 29.1 Å². The van der Waals surface area contributed by atoms with Crippen LogP contribution in [-0.2, 0) is 17.9 Å². The number of halogens is 1. The van der Waals surface area contributed by atoms with Crippen LogP contribution in [-0.4, -0.2) is 37.4 Å². The van der Waals surface area contributed by atoms with Crippen LogP contribution >= 0.6 is 22.9 Å². The van der Waals surface area contributed by atoms with Gasteiger partial charge in [-0.3, -0.25) is 4.79 Å². The molecule has 1 aromatic heterocycles. The van der Waals surface area contributed by atoms with Gasteiger partial charge in [0.05, 0.1) is 19.6 Å². The van der Waals surface area contributed by atoms with E-state index in [4.69, 9.17) is 11.6 Å². The van der Waals surface area contributed by atoms with Crippen LogP contribution < -0.4 is 10.6 Å². The molecule has 2 N–H and O–H groups in total. The fourth-order valence-corrected chi connectivity index (χ4v) is 2.61. The minimum atomic E-state index is -0.00730. The molecule has 0 bridgehead atoms. The van der Waals surface area contributed by atoms with Crippen molar-refractivity contribution in [3.05, 3.63) is 57.2 Å². The Morgan fingerprint density at radius 1 is 1.21 bits per heavy atom. The van der Waals surface area contributed by atoms with Crippen LogP contribution in [0.4, 0.5) is 0 Å². The number of amides is 1. The second-order valence-electron chi connectivity index (χ2n) is 5.37. The van der Waals surface area contributed by atoms with Crippen LogP contribution in [0.25, 0.3) is 0 Å². The van der Waals surface area contributed by atoms with Gasteiger partial charge >= 0.3 is 0 Å². The number of carbonyl (C=O) groups is 1. The summed E-state index contributed by atoms with van der Waals surface area (Å²) < 4.78 is 0. The lowest BCUT2D eigenvalue weighted by molar-refractivity contribution is -0.127. The van der Waals surface area contributed by atoms with Gasteiger partial charge < -0.3 is 15.5 Å². The average molecular weight is 365 g/mol. The number of hydrogen-bond acceptors (Lipinski definition) is 3. The van der Waals surface area contributed by atoms with Crippen molar-refractivity contribution in [1.82, 2.24) is 15.5 Å². The fraction of sp³-hybridized carbons (Fsp3) is 0.294. The monoisotopic (exact) mass is 364 g/mol. The first kappa shape index (κ1) is 18.3. The number of aliphatic imine (C=N–C) groups is 1. The summed E-state index contributed by atoms with van der Waals surface area (Å²) >= 11 is 7.57. The Labute approximate surface area is 151 Å². The molecule has 0 saturated heterocycles. The minimum absolute atomic E-state index is 0.00730. The molecule has 0 aliphatic rings. The van der Waals surface area contributed by atoms with Crippen molar-refractivity contribution in [1.29, 1.82) is 0 Å². The van der Waals surface area contributed by atoms with Crippen molar-refractivity contribution in [2.45, 2.75) is 13.1 Å². The molecule has 0 fully saturated rings. The first-order valence-corrected chi connectivity index (χ1v) is 8.79. The molecule has 0 aliphatic heterocycles. The highest BCUT2D eigenvalue weighted by atomic mass is 35.5. The molecule has 0 saturated carbocycles. The third-order valence-corrected chi connectivity index (χ3v) is 4.38. The van der Waals surface area contributed by atoms with Crippen molar-refractivity contribution >= 4 is 34.8 Å². The molecule has 0 aliphatic carbocycles. The van der Waals surface area contributed by atoms with Gasteiger partial charge in [-0.15, -0.1) is 11.3 Å². The van der Waals surface area contributed by atoms with Crippen LogP contribution in [0.1, 0.15) is 10.4 Å². The third-order valence-electron chi connectivity index (χ3n) is 3.25. The number of benzene rings is 1. The van der Waals surface area contributed by atoms with Gasteiger partial charge in [0.25, 0.3) is 0 Å². The van der Waals surface area contributed by atoms with E-state index >= 15 is 0 Å².